The van der Waals surface area contributed by atoms with Crippen LogP contribution in [0.3, 0.4) is 0 Å². The number of nitrogens with zero attached hydrogens (tertiary/aromatic N) is 1. The number of aliphatic imine (C=N–C) groups is 1. The van der Waals surface area contributed by atoms with Crippen molar-refractivity contribution >= 4 is 17.9 Å². The number of fused-ring (bicyclic) bond motifs is 1. The number of hydrogen-bond acceptors (Lipinski definition) is 2. The molecular formula is C26H37NO. The van der Waals surface area contributed by atoms with E-state index >= 15 is 0 Å². The number of hydrogen-bond donors (Lipinski definition) is 0. The Bertz CT molecular complexity index is 771. The molecule has 0 aromatic heterocycles. The van der Waals surface area contributed by atoms with Crippen LogP contribution in [0, 0.1) is 11.8 Å². The summed E-state index contributed by atoms with van der Waals surface area (Å²) in [6, 6.07) is 2.47. The van der Waals surface area contributed by atoms with Crippen molar-refractivity contribution in [1.29, 1.82) is 0 Å². The first-order valence-electron chi connectivity index (χ1n) is 11.2. The zero-order chi connectivity index (χ0) is 20.1. The summed E-state index contributed by atoms with van der Waals surface area (Å²) in [6.45, 7) is 9.24. The van der Waals surface area contributed by atoms with Gasteiger partial charge in [-0.1, -0.05) is 46.3 Å². The number of methoxy groups -OCH3 is 1. The molecule has 0 saturated carbocycles. The van der Waals surface area contributed by atoms with Crippen molar-refractivity contribution in [2.45, 2.75) is 78.7 Å². The molecule has 0 bridgehead atoms. The van der Waals surface area contributed by atoms with E-state index in [1.54, 1.807) is 23.8 Å². The zero-order valence-corrected chi connectivity index (χ0v) is 18.4. The Labute approximate surface area is 171 Å². The number of ether oxygens (including phenoxy) is 1. The first kappa shape index (κ1) is 21.0. The predicted molar refractivity (Wildman–Crippen MR) is 122 cm³/mol. The molecule has 2 nitrogen and oxygen atoms in total. The zero-order valence-electron chi connectivity index (χ0n) is 18.4. The van der Waals surface area contributed by atoms with Crippen molar-refractivity contribution in [2.75, 3.05) is 7.11 Å². The highest BCUT2D eigenvalue weighted by atomic mass is 16.5. The smallest absolute Gasteiger partial charge is 0.0953 e. The summed E-state index contributed by atoms with van der Waals surface area (Å²) in [7, 11) is 1.79. The molecule has 1 heterocycles. The molecule has 152 valence electrons. The summed E-state index contributed by atoms with van der Waals surface area (Å²) in [5.41, 5.74) is 8.99. The average Bonchev–Trinajstić information content (AvgIpc) is 2.81. The van der Waals surface area contributed by atoms with E-state index in [-0.39, 0.29) is 6.10 Å². The molecule has 28 heavy (non-hydrogen) atoms. The Morgan fingerprint density at radius 1 is 1.14 bits per heavy atom. The molecule has 1 aromatic rings. The Kier molecular flexibility index (Phi) is 7.29. The minimum Gasteiger partial charge on any atom is -0.375 e. The minimum absolute atomic E-state index is 0.0770. The van der Waals surface area contributed by atoms with Gasteiger partial charge >= 0.3 is 0 Å². The van der Waals surface area contributed by atoms with E-state index in [1.807, 2.05) is 6.21 Å². The molecule has 3 rings (SSSR count). The molecule has 1 aromatic carbocycles. The van der Waals surface area contributed by atoms with Crippen LogP contribution in [0.25, 0.3) is 11.6 Å². The first-order chi connectivity index (χ1) is 13.6. The van der Waals surface area contributed by atoms with Gasteiger partial charge in [-0.3, -0.25) is 4.99 Å². The second-order valence-corrected chi connectivity index (χ2v) is 8.43. The Morgan fingerprint density at radius 3 is 2.68 bits per heavy atom. The van der Waals surface area contributed by atoms with E-state index in [4.69, 9.17) is 4.74 Å². The van der Waals surface area contributed by atoms with Gasteiger partial charge in [0.2, 0.25) is 0 Å². The molecule has 2 aliphatic rings. The van der Waals surface area contributed by atoms with Crippen LogP contribution in [0.2, 0.25) is 0 Å². The Morgan fingerprint density at radius 2 is 1.96 bits per heavy atom. The Hall–Kier alpha value is -1.67. The van der Waals surface area contributed by atoms with E-state index in [0.29, 0.717) is 11.8 Å². The lowest BCUT2D eigenvalue weighted by Crippen LogP contribution is -2.27. The van der Waals surface area contributed by atoms with Crippen molar-refractivity contribution in [2.24, 2.45) is 16.8 Å². The van der Waals surface area contributed by atoms with Crippen LogP contribution in [0.4, 0.5) is 0 Å². The van der Waals surface area contributed by atoms with E-state index in [2.05, 4.69) is 57.1 Å². The lowest BCUT2D eigenvalue weighted by molar-refractivity contribution is 0.103. The van der Waals surface area contributed by atoms with Crippen LogP contribution in [0.5, 0.6) is 0 Å². The van der Waals surface area contributed by atoms with Crippen molar-refractivity contribution in [1.82, 2.24) is 0 Å². The van der Waals surface area contributed by atoms with Crippen molar-refractivity contribution in [3.8, 4) is 0 Å². The number of rotatable bonds is 5. The van der Waals surface area contributed by atoms with Crippen LogP contribution in [0.15, 0.2) is 23.3 Å². The van der Waals surface area contributed by atoms with Crippen LogP contribution in [-0.2, 0) is 24.0 Å². The molecule has 2 heteroatoms. The van der Waals surface area contributed by atoms with Gasteiger partial charge < -0.3 is 4.74 Å². The fourth-order valence-corrected chi connectivity index (χ4v) is 4.90. The largest absolute Gasteiger partial charge is 0.375 e. The molecule has 0 N–H and O–H groups in total. The maximum Gasteiger partial charge on any atom is 0.0953 e. The normalized spacial score (nSPS) is 24.9. The Balaban J connectivity index is 2.18. The lowest BCUT2D eigenvalue weighted by atomic mass is 9.77. The molecule has 3 unspecified atom stereocenters. The standard InChI is InChI=1S/C26H37NO/c1-6-12-23-21(7-2)24(15-20-13-10-8-9-11-14-22(20)23)25-16-27-17-26(28-5)19(4)18(25)3/h10,13,15-19,26H,6-9,11-12,14H2,1-5H3. The number of allylic oxidation sites excluding steroid dienone is 2. The maximum absolute atomic E-state index is 5.68. The molecule has 3 atom stereocenters. The quantitative estimate of drug-likeness (QED) is 0.561. The lowest BCUT2D eigenvalue weighted by Gasteiger charge is -2.29. The minimum atomic E-state index is 0.0770. The van der Waals surface area contributed by atoms with Gasteiger partial charge in [-0.05, 0) is 89.8 Å². The monoisotopic (exact) mass is 379 g/mol. The SMILES string of the molecule is CCCc1c2c(cc(C3=CN=CC(OC)C(C)C3C)c1CC)C=CCCCC2. The molecule has 0 radical (unpaired) electrons. The van der Waals surface area contributed by atoms with Crippen LogP contribution < -0.4 is 0 Å². The summed E-state index contributed by atoms with van der Waals surface area (Å²) in [4.78, 5) is 4.65. The topological polar surface area (TPSA) is 21.6 Å². The first-order valence-corrected chi connectivity index (χ1v) is 11.2. The van der Waals surface area contributed by atoms with E-state index in [1.165, 1.54) is 55.2 Å². The predicted octanol–water partition coefficient (Wildman–Crippen LogP) is 6.65. The molecule has 0 fully saturated rings. The van der Waals surface area contributed by atoms with Crippen molar-refractivity contribution in [3.63, 3.8) is 0 Å². The summed E-state index contributed by atoms with van der Waals surface area (Å²) in [5.74, 6) is 0.808. The van der Waals surface area contributed by atoms with Crippen LogP contribution >= 0.6 is 0 Å². The molecular weight excluding hydrogens is 342 g/mol. The number of benzene rings is 1. The van der Waals surface area contributed by atoms with E-state index < -0.39 is 0 Å². The summed E-state index contributed by atoms with van der Waals surface area (Å²) in [6.07, 6.45) is 17.4. The van der Waals surface area contributed by atoms with Gasteiger partial charge in [-0.2, -0.15) is 0 Å². The van der Waals surface area contributed by atoms with Crippen LogP contribution in [0.1, 0.15) is 81.2 Å². The molecule has 1 aliphatic heterocycles. The third-order valence-corrected chi connectivity index (χ3v) is 6.73. The van der Waals surface area contributed by atoms with Gasteiger partial charge in [0.05, 0.1) is 6.10 Å². The van der Waals surface area contributed by atoms with Gasteiger partial charge in [-0.15, -0.1) is 0 Å². The molecule has 0 spiro atoms. The fraction of sp³-hybridized carbons (Fsp3) is 0.577. The summed E-state index contributed by atoms with van der Waals surface area (Å²) < 4.78 is 5.68. The maximum atomic E-state index is 5.68. The molecule has 1 aliphatic carbocycles. The highest BCUT2D eigenvalue weighted by Gasteiger charge is 2.29. The highest BCUT2D eigenvalue weighted by Crippen LogP contribution is 2.39. The van der Waals surface area contributed by atoms with Gasteiger partial charge in [0.1, 0.15) is 0 Å². The van der Waals surface area contributed by atoms with Gasteiger partial charge in [-0.25, -0.2) is 0 Å². The third kappa shape index (κ3) is 4.17. The van der Waals surface area contributed by atoms with Crippen molar-refractivity contribution < 1.29 is 4.74 Å². The van der Waals surface area contributed by atoms with Crippen molar-refractivity contribution in [3.05, 3.63) is 46.2 Å². The van der Waals surface area contributed by atoms with Gasteiger partial charge in [0.15, 0.2) is 0 Å². The summed E-state index contributed by atoms with van der Waals surface area (Å²) >= 11 is 0. The summed E-state index contributed by atoms with van der Waals surface area (Å²) in [5, 5.41) is 0. The van der Waals surface area contributed by atoms with Gasteiger partial charge in [0, 0.05) is 19.5 Å². The van der Waals surface area contributed by atoms with Gasteiger partial charge in [0.25, 0.3) is 0 Å². The fourth-order valence-electron chi connectivity index (χ4n) is 4.90. The molecule has 0 saturated heterocycles. The van der Waals surface area contributed by atoms with E-state index in [9.17, 15) is 0 Å². The third-order valence-electron chi connectivity index (χ3n) is 6.73. The van der Waals surface area contributed by atoms with Crippen LogP contribution in [-0.4, -0.2) is 19.4 Å². The second-order valence-electron chi connectivity index (χ2n) is 8.43. The average molecular weight is 380 g/mol. The van der Waals surface area contributed by atoms with E-state index in [0.717, 1.165) is 6.42 Å². The second kappa shape index (κ2) is 9.69. The highest BCUT2D eigenvalue weighted by molar-refractivity contribution is 5.78. The molecule has 0 amide bonds.